The van der Waals surface area contributed by atoms with Gasteiger partial charge in [-0.25, -0.2) is 0 Å². The predicted molar refractivity (Wildman–Crippen MR) is 83.3 cm³/mol. The quantitative estimate of drug-likeness (QED) is 0.746. The van der Waals surface area contributed by atoms with E-state index >= 15 is 0 Å². The van der Waals surface area contributed by atoms with Crippen molar-refractivity contribution in [2.24, 2.45) is 4.99 Å². The molecule has 0 spiro atoms. The van der Waals surface area contributed by atoms with Crippen molar-refractivity contribution in [3.05, 3.63) is 47.0 Å². The number of rotatable bonds is 3. The Morgan fingerprint density at radius 1 is 1.24 bits per heavy atom. The van der Waals surface area contributed by atoms with Gasteiger partial charge in [-0.05, 0) is 32.0 Å². The molecule has 0 aliphatic carbocycles. The second-order valence-electron chi connectivity index (χ2n) is 4.57. The maximum Gasteiger partial charge on any atom is 0.300 e. The van der Waals surface area contributed by atoms with Crippen LogP contribution in [0.5, 0.6) is 0 Å². The van der Waals surface area contributed by atoms with E-state index in [0.29, 0.717) is 5.69 Å². The molecule has 0 saturated carbocycles. The molecule has 2 heterocycles. The molecule has 108 valence electrons. The van der Waals surface area contributed by atoms with E-state index in [4.69, 9.17) is 0 Å². The van der Waals surface area contributed by atoms with Gasteiger partial charge in [-0.15, -0.1) is 0 Å². The molecule has 0 fully saturated rings. The Morgan fingerprint density at radius 2 is 2.05 bits per heavy atom. The van der Waals surface area contributed by atoms with Crippen LogP contribution in [0.25, 0.3) is 10.2 Å². The minimum Gasteiger partial charge on any atom is -0.317 e. The van der Waals surface area contributed by atoms with E-state index in [0.717, 1.165) is 28.1 Å². The van der Waals surface area contributed by atoms with Crippen LogP contribution in [0.1, 0.15) is 24.3 Å². The van der Waals surface area contributed by atoms with Gasteiger partial charge in [0.25, 0.3) is 5.91 Å². The van der Waals surface area contributed by atoms with Crippen molar-refractivity contribution in [3.8, 4) is 0 Å². The van der Waals surface area contributed by atoms with Crippen molar-refractivity contribution in [3.63, 3.8) is 0 Å². The van der Waals surface area contributed by atoms with Crippen LogP contribution in [0.2, 0.25) is 0 Å². The zero-order chi connectivity index (χ0) is 14.8. The average Bonchev–Trinajstić information content (AvgIpc) is 3.11. The highest BCUT2D eigenvalue weighted by atomic mass is 32.1. The molecule has 0 saturated heterocycles. The number of fused-ring (bicyclic) bond motifs is 1. The standard InChI is InChI=1S/C15H16N4OS/c1-3-18-10-9-11(17-18)14(20)16-15-19(4-2)12-7-5-6-8-13(12)21-15/h5-10H,3-4H2,1-2H3. The zero-order valence-electron chi connectivity index (χ0n) is 12.0. The molecule has 0 radical (unpaired) electrons. The number of hydrogen-bond donors (Lipinski definition) is 0. The third-order valence-electron chi connectivity index (χ3n) is 3.29. The molecule has 3 aromatic rings. The molecule has 0 bridgehead atoms. The number of hydrogen-bond acceptors (Lipinski definition) is 3. The number of carbonyl (C=O) groups is 1. The summed E-state index contributed by atoms with van der Waals surface area (Å²) in [6, 6.07) is 9.79. The van der Waals surface area contributed by atoms with E-state index in [1.165, 1.54) is 11.3 Å². The van der Waals surface area contributed by atoms with E-state index in [1.807, 2.05) is 31.2 Å². The summed E-state index contributed by atoms with van der Waals surface area (Å²) >= 11 is 1.52. The molecular formula is C15H16N4OS. The van der Waals surface area contributed by atoms with Gasteiger partial charge >= 0.3 is 0 Å². The molecule has 0 aliphatic heterocycles. The van der Waals surface area contributed by atoms with Gasteiger partial charge in [0, 0.05) is 19.3 Å². The Labute approximate surface area is 126 Å². The van der Waals surface area contributed by atoms with E-state index in [-0.39, 0.29) is 5.91 Å². The number of amides is 1. The summed E-state index contributed by atoms with van der Waals surface area (Å²) < 4.78 is 4.90. The molecule has 0 aliphatic rings. The molecule has 0 N–H and O–H groups in total. The summed E-state index contributed by atoms with van der Waals surface area (Å²) in [6.07, 6.45) is 1.79. The Morgan fingerprint density at radius 3 is 2.76 bits per heavy atom. The fourth-order valence-corrected chi connectivity index (χ4v) is 3.30. The highest BCUT2D eigenvalue weighted by Crippen LogP contribution is 2.16. The molecule has 21 heavy (non-hydrogen) atoms. The van der Waals surface area contributed by atoms with Crippen molar-refractivity contribution < 1.29 is 4.79 Å². The van der Waals surface area contributed by atoms with Gasteiger partial charge in [0.05, 0.1) is 10.2 Å². The van der Waals surface area contributed by atoms with Gasteiger partial charge in [0.2, 0.25) is 0 Å². The molecule has 0 atom stereocenters. The number of carbonyl (C=O) groups excluding carboxylic acids is 1. The minimum absolute atomic E-state index is 0.295. The van der Waals surface area contributed by atoms with E-state index in [2.05, 4.69) is 21.6 Å². The maximum absolute atomic E-state index is 12.2. The van der Waals surface area contributed by atoms with Gasteiger partial charge in [-0.3, -0.25) is 9.48 Å². The van der Waals surface area contributed by atoms with Crippen molar-refractivity contribution in [1.82, 2.24) is 14.3 Å². The third kappa shape index (κ3) is 2.54. The number of nitrogens with zero attached hydrogens (tertiary/aromatic N) is 4. The number of para-hydroxylation sites is 1. The van der Waals surface area contributed by atoms with E-state index in [9.17, 15) is 4.79 Å². The molecular weight excluding hydrogens is 284 g/mol. The van der Waals surface area contributed by atoms with Crippen LogP contribution < -0.4 is 4.80 Å². The largest absolute Gasteiger partial charge is 0.317 e. The second-order valence-corrected chi connectivity index (χ2v) is 5.58. The molecule has 1 amide bonds. The topological polar surface area (TPSA) is 52.2 Å². The Kier molecular flexibility index (Phi) is 3.70. The summed E-state index contributed by atoms with van der Waals surface area (Å²) in [6.45, 7) is 5.55. The van der Waals surface area contributed by atoms with Crippen molar-refractivity contribution in [2.75, 3.05) is 0 Å². The summed E-state index contributed by atoms with van der Waals surface area (Å²) in [7, 11) is 0. The van der Waals surface area contributed by atoms with Crippen LogP contribution in [0, 0.1) is 0 Å². The second kappa shape index (κ2) is 5.65. The Hall–Kier alpha value is -2.21. The van der Waals surface area contributed by atoms with Gasteiger partial charge in [-0.1, -0.05) is 23.5 Å². The summed E-state index contributed by atoms with van der Waals surface area (Å²) in [5.74, 6) is -0.295. The monoisotopic (exact) mass is 300 g/mol. The first-order chi connectivity index (χ1) is 10.2. The molecule has 6 heteroatoms. The molecule has 0 unspecified atom stereocenters. The fourth-order valence-electron chi connectivity index (χ4n) is 2.21. The lowest BCUT2D eigenvalue weighted by Gasteiger charge is -1.98. The average molecular weight is 300 g/mol. The van der Waals surface area contributed by atoms with E-state index in [1.54, 1.807) is 16.9 Å². The van der Waals surface area contributed by atoms with Crippen LogP contribution in [0.15, 0.2) is 41.5 Å². The van der Waals surface area contributed by atoms with Gasteiger partial charge in [0.1, 0.15) is 0 Å². The smallest absolute Gasteiger partial charge is 0.300 e. The Balaban J connectivity index is 2.08. The minimum atomic E-state index is -0.295. The molecule has 1 aromatic carbocycles. The number of aryl methyl sites for hydroxylation is 2. The number of thiazole rings is 1. The van der Waals surface area contributed by atoms with Gasteiger partial charge in [-0.2, -0.15) is 10.1 Å². The maximum atomic E-state index is 12.2. The van der Waals surface area contributed by atoms with Crippen molar-refractivity contribution in [2.45, 2.75) is 26.9 Å². The predicted octanol–water partition coefficient (Wildman–Crippen LogP) is 2.68. The van der Waals surface area contributed by atoms with Crippen molar-refractivity contribution in [1.29, 1.82) is 0 Å². The first-order valence-electron chi connectivity index (χ1n) is 6.93. The van der Waals surface area contributed by atoms with Crippen LogP contribution in [0.4, 0.5) is 0 Å². The lowest BCUT2D eigenvalue weighted by Crippen LogP contribution is -2.16. The van der Waals surface area contributed by atoms with Crippen LogP contribution in [-0.2, 0) is 13.1 Å². The highest BCUT2D eigenvalue weighted by molar-refractivity contribution is 7.16. The SMILES string of the molecule is CCn1ccc(C(=O)N=c2sc3ccccc3n2CC)n1. The fraction of sp³-hybridized carbons (Fsp3) is 0.267. The van der Waals surface area contributed by atoms with Crippen LogP contribution >= 0.6 is 11.3 Å². The van der Waals surface area contributed by atoms with Gasteiger partial charge < -0.3 is 4.57 Å². The lowest BCUT2D eigenvalue weighted by molar-refractivity contribution is 0.0992. The Bertz CT molecular complexity index is 856. The highest BCUT2D eigenvalue weighted by Gasteiger charge is 2.10. The lowest BCUT2D eigenvalue weighted by atomic mass is 10.3. The summed E-state index contributed by atoms with van der Waals surface area (Å²) in [4.78, 5) is 17.2. The van der Waals surface area contributed by atoms with Crippen LogP contribution in [-0.4, -0.2) is 20.3 Å². The van der Waals surface area contributed by atoms with E-state index < -0.39 is 0 Å². The molecule has 5 nitrogen and oxygen atoms in total. The van der Waals surface area contributed by atoms with Crippen molar-refractivity contribution >= 4 is 27.5 Å². The first kappa shape index (κ1) is 13.8. The first-order valence-corrected chi connectivity index (χ1v) is 7.75. The summed E-state index contributed by atoms with van der Waals surface area (Å²) in [5.41, 5.74) is 1.49. The molecule has 3 rings (SSSR count). The third-order valence-corrected chi connectivity index (χ3v) is 4.34. The zero-order valence-corrected chi connectivity index (χ0v) is 12.8. The molecule has 2 aromatic heterocycles. The van der Waals surface area contributed by atoms with Crippen LogP contribution in [0.3, 0.4) is 0 Å². The number of aromatic nitrogens is 3. The van der Waals surface area contributed by atoms with Gasteiger partial charge in [0.15, 0.2) is 10.5 Å². The normalized spacial score (nSPS) is 12.2. The summed E-state index contributed by atoms with van der Waals surface area (Å²) in [5, 5.41) is 4.20. The number of benzene rings is 1.